The molecule has 0 amide bonds. The van der Waals surface area contributed by atoms with Gasteiger partial charge in [0.15, 0.2) is 5.76 Å². The van der Waals surface area contributed by atoms with Gasteiger partial charge in [-0.05, 0) is 55.6 Å². The molecular weight excluding hydrogens is 308 g/mol. The first kappa shape index (κ1) is 17.4. The molecule has 0 unspecified atom stereocenters. The zero-order valence-electron chi connectivity index (χ0n) is 13.6. The van der Waals surface area contributed by atoms with Gasteiger partial charge in [-0.3, -0.25) is 4.79 Å². The zero-order chi connectivity index (χ0) is 16.7. The Kier molecular flexibility index (Phi) is 6.50. The van der Waals surface area contributed by atoms with E-state index in [2.05, 4.69) is 11.8 Å². The Balaban J connectivity index is 2.33. The Labute approximate surface area is 143 Å². The van der Waals surface area contributed by atoms with Crippen LogP contribution < -0.4 is 0 Å². The predicted octanol–water partition coefficient (Wildman–Crippen LogP) is 5.44. The second-order valence-corrected chi connectivity index (χ2v) is 6.02. The van der Waals surface area contributed by atoms with Crippen molar-refractivity contribution in [1.29, 1.82) is 0 Å². The van der Waals surface area contributed by atoms with Crippen LogP contribution >= 0.6 is 11.6 Å². The van der Waals surface area contributed by atoms with Gasteiger partial charge in [0, 0.05) is 12.5 Å². The summed E-state index contributed by atoms with van der Waals surface area (Å²) in [7, 11) is 0. The third-order valence-corrected chi connectivity index (χ3v) is 4.21. The Hall–Kier alpha value is -1.98. The highest BCUT2D eigenvalue weighted by molar-refractivity contribution is 6.32. The fraction of sp³-hybridized carbons (Fsp3) is 0.350. The molecule has 0 saturated heterocycles. The number of benzene rings is 1. The average Bonchev–Trinajstić information content (AvgIpc) is 2.59. The lowest BCUT2D eigenvalue weighted by Crippen LogP contribution is -2.00. The van der Waals surface area contributed by atoms with Crippen molar-refractivity contribution in [2.75, 3.05) is 0 Å². The molecule has 0 heterocycles. The molecule has 3 heteroatoms. The molecule has 2 nitrogen and oxygen atoms in total. The summed E-state index contributed by atoms with van der Waals surface area (Å²) in [6.07, 6.45) is 5.62. The molecule has 2 rings (SSSR count). The molecule has 0 atom stereocenters. The van der Waals surface area contributed by atoms with E-state index < -0.39 is 0 Å². The van der Waals surface area contributed by atoms with Crippen LogP contribution in [0.5, 0.6) is 0 Å². The molecule has 1 aliphatic carbocycles. The molecule has 0 aromatic heterocycles. The summed E-state index contributed by atoms with van der Waals surface area (Å²) in [6.45, 7) is 3.27. The number of hydrogen-bond acceptors (Lipinski definition) is 2. The molecule has 0 spiro atoms. The van der Waals surface area contributed by atoms with Crippen LogP contribution in [0.3, 0.4) is 0 Å². The lowest BCUT2D eigenvalue weighted by Gasteiger charge is -2.13. The summed E-state index contributed by atoms with van der Waals surface area (Å²) in [6, 6.07) is 9.74. The summed E-state index contributed by atoms with van der Waals surface area (Å²) in [5.41, 5.74) is 3.01. The van der Waals surface area contributed by atoms with E-state index in [1.807, 2.05) is 37.3 Å². The standard InChI is InChI=1S/C20H21ClO2/c1-15(17-9-5-3-6-10-17)20(23-16(2)22)14-13-19(21)18-11-7-4-8-12-18/h3,5-6,9-10H,4,7-8,11-12H2,1-2H3/b20-15+. The summed E-state index contributed by atoms with van der Waals surface area (Å²) < 4.78 is 5.29. The van der Waals surface area contributed by atoms with E-state index in [0.717, 1.165) is 24.0 Å². The van der Waals surface area contributed by atoms with E-state index >= 15 is 0 Å². The molecule has 0 N–H and O–H groups in total. The van der Waals surface area contributed by atoms with Crippen molar-refractivity contribution in [3.63, 3.8) is 0 Å². The van der Waals surface area contributed by atoms with Gasteiger partial charge in [-0.2, -0.15) is 0 Å². The molecule has 1 aromatic rings. The third-order valence-electron chi connectivity index (χ3n) is 3.85. The van der Waals surface area contributed by atoms with Gasteiger partial charge in [-0.25, -0.2) is 0 Å². The van der Waals surface area contributed by atoms with Crippen molar-refractivity contribution < 1.29 is 9.53 Å². The number of ether oxygens (including phenoxy) is 1. The number of esters is 1. The number of halogens is 1. The van der Waals surface area contributed by atoms with Crippen LogP contribution in [0.15, 0.2) is 46.7 Å². The highest BCUT2D eigenvalue weighted by Crippen LogP contribution is 2.27. The van der Waals surface area contributed by atoms with Crippen molar-refractivity contribution >= 4 is 23.1 Å². The first-order chi connectivity index (χ1) is 11.1. The van der Waals surface area contributed by atoms with Gasteiger partial charge >= 0.3 is 5.97 Å². The van der Waals surface area contributed by atoms with Gasteiger partial charge in [0.05, 0.1) is 5.03 Å². The average molecular weight is 329 g/mol. The maximum absolute atomic E-state index is 11.4. The van der Waals surface area contributed by atoms with Crippen LogP contribution in [-0.4, -0.2) is 5.97 Å². The topological polar surface area (TPSA) is 26.3 Å². The Morgan fingerprint density at radius 2 is 1.70 bits per heavy atom. The maximum atomic E-state index is 11.4. The molecule has 0 aliphatic heterocycles. The number of hydrogen-bond donors (Lipinski definition) is 0. The van der Waals surface area contributed by atoms with Gasteiger partial charge in [-0.1, -0.05) is 48.4 Å². The Morgan fingerprint density at radius 3 is 2.30 bits per heavy atom. The van der Waals surface area contributed by atoms with E-state index in [0.29, 0.717) is 10.8 Å². The Morgan fingerprint density at radius 1 is 1.04 bits per heavy atom. The fourth-order valence-electron chi connectivity index (χ4n) is 2.56. The van der Waals surface area contributed by atoms with E-state index in [9.17, 15) is 4.79 Å². The van der Waals surface area contributed by atoms with E-state index in [1.54, 1.807) is 0 Å². The molecule has 0 radical (unpaired) electrons. The molecule has 1 saturated carbocycles. The van der Waals surface area contributed by atoms with E-state index in [1.165, 1.54) is 31.8 Å². The Bertz CT molecular complexity index is 679. The minimum atomic E-state index is -0.383. The van der Waals surface area contributed by atoms with E-state index in [4.69, 9.17) is 16.3 Å². The van der Waals surface area contributed by atoms with Gasteiger partial charge in [0.2, 0.25) is 0 Å². The number of rotatable bonds is 2. The highest BCUT2D eigenvalue weighted by Gasteiger charge is 2.10. The van der Waals surface area contributed by atoms with Crippen molar-refractivity contribution in [2.24, 2.45) is 0 Å². The van der Waals surface area contributed by atoms with Crippen LogP contribution in [0.1, 0.15) is 51.5 Å². The zero-order valence-corrected chi connectivity index (χ0v) is 14.4. The normalized spacial score (nSPS) is 15.2. The second-order valence-electron chi connectivity index (χ2n) is 5.64. The molecule has 23 heavy (non-hydrogen) atoms. The quantitative estimate of drug-likeness (QED) is 0.410. The van der Waals surface area contributed by atoms with Crippen molar-refractivity contribution in [1.82, 2.24) is 0 Å². The van der Waals surface area contributed by atoms with Crippen molar-refractivity contribution in [3.05, 3.63) is 52.3 Å². The minimum Gasteiger partial charge on any atom is -0.417 e. The molecular formula is C20H21ClO2. The maximum Gasteiger partial charge on any atom is 0.308 e. The summed E-state index contributed by atoms with van der Waals surface area (Å²) >= 11 is 6.33. The molecule has 0 bridgehead atoms. The second kappa shape index (κ2) is 8.60. The molecule has 1 aliphatic rings. The molecule has 120 valence electrons. The molecule has 1 fully saturated rings. The van der Waals surface area contributed by atoms with Crippen LogP contribution in [0, 0.1) is 11.8 Å². The number of allylic oxidation sites excluding steroid dienone is 4. The van der Waals surface area contributed by atoms with Gasteiger partial charge < -0.3 is 4.74 Å². The largest absolute Gasteiger partial charge is 0.417 e. The predicted molar refractivity (Wildman–Crippen MR) is 94.5 cm³/mol. The number of carbonyl (C=O) groups is 1. The van der Waals surface area contributed by atoms with Crippen LogP contribution in [0.25, 0.3) is 5.57 Å². The lowest BCUT2D eigenvalue weighted by atomic mass is 9.95. The van der Waals surface area contributed by atoms with E-state index in [-0.39, 0.29) is 5.97 Å². The highest BCUT2D eigenvalue weighted by atomic mass is 35.5. The van der Waals surface area contributed by atoms with Crippen LogP contribution in [0.2, 0.25) is 0 Å². The number of carbonyl (C=O) groups excluding carboxylic acids is 1. The lowest BCUT2D eigenvalue weighted by molar-refractivity contribution is -0.136. The first-order valence-corrected chi connectivity index (χ1v) is 8.30. The third kappa shape index (κ3) is 5.30. The van der Waals surface area contributed by atoms with Gasteiger partial charge in [0.25, 0.3) is 0 Å². The van der Waals surface area contributed by atoms with Gasteiger partial charge in [-0.15, -0.1) is 0 Å². The van der Waals surface area contributed by atoms with Crippen LogP contribution in [-0.2, 0) is 9.53 Å². The SMILES string of the molecule is CC(=O)O/C(C#CC(Cl)=C1CCCCC1)=C(\C)c1ccccc1. The summed E-state index contributed by atoms with van der Waals surface area (Å²) in [5, 5.41) is 0.593. The summed E-state index contributed by atoms with van der Waals surface area (Å²) in [4.78, 5) is 11.4. The van der Waals surface area contributed by atoms with Crippen molar-refractivity contribution in [2.45, 2.75) is 46.0 Å². The van der Waals surface area contributed by atoms with Crippen LogP contribution in [0.4, 0.5) is 0 Å². The minimum absolute atomic E-state index is 0.359. The van der Waals surface area contributed by atoms with Crippen molar-refractivity contribution in [3.8, 4) is 11.8 Å². The van der Waals surface area contributed by atoms with Gasteiger partial charge in [0.1, 0.15) is 0 Å². The smallest absolute Gasteiger partial charge is 0.308 e. The fourth-order valence-corrected chi connectivity index (χ4v) is 2.79. The summed E-state index contributed by atoms with van der Waals surface area (Å²) in [5.74, 6) is 5.89. The monoisotopic (exact) mass is 328 g/mol. The first-order valence-electron chi connectivity index (χ1n) is 7.92. The molecule has 1 aromatic carbocycles.